The fourth-order valence-electron chi connectivity index (χ4n) is 0.585. The second-order valence-electron chi connectivity index (χ2n) is 2.05. The van der Waals surface area contributed by atoms with Crippen molar-refractivity contribution in [3.63, 3.8) is 0 Å². The highest BCUT2D eigenvalue weighted by molar-refractivity contribution is 4.55. The highest BCUT2D eigenvalue weighted by atomic mass is 16.7. The summed E-state index contributed by atoms with van der Waals surface area (Å²) in [5, 5.41) is 27.2. The Labute approximate surface area is 58.4 Å². The van der Waals surface area contributed by atoms with Gasteiger partial charge in [0.25, 0.3) is 0 Å². The van der Waals surface area contributed by atoms with Gasteiger partial charge in [-0.25, -0.2) is 0 Å². The smallest absolute Gasteiger partial charge is 0.338 e. The molecule has 2 atom stereocenters. The lowest BCUT2D eigenvalue weighted by Crippen LogP contribution is -2.32. The molecule has 2 N–H and O–H groups in total. The van der Waals surface area contributed by atoms with Gasteiger partial charge in [0.1, 0.15) is 6.10 Å². The number of nitro groups is 1. The molecule has 0 aliphatic heterocycles. The van der Waals surface area contributed by atoms with E-state index < -0.39 is 17.3 Å². The van der Waals surface area contributed by atoms with Crippen LogP contribution in [0.1, 0.15) is 19.8 Å². The summed E-state index contributed by atoms with van der Waals surface area (Å²) in [4.78, 5) is 8.91. The first-order chi connectivity index (χ1) is 4.59. The highest BCUT2D eigenvalue weighted by Crippen LogP contribution is 2.01. The van der Waals surface area contributed by atoms with E-state index in [-0.39, 0.29) is 6.42 Å². The predicted molar refractivity (Wildman–Crippen MR) is 33.9 cm³/mol. The van der Waals surface area contributed by atoms with Crippen LogP contribution in [-0.2, 0) is 0 Å². The molecule has 0 aromatic carbocycles. The van der Waals surface area contributed by atoms with Gasteiger partial charge < -0.3 is 10.2 Å². The predicted octanol–water partition coefficient (Wildman–Crippen LogP) is -0.258. The maximum atomic E-state index is 9.81. The molecule has 0 fully saturated rings. The normalized spacial score (nSPS) is 16.3. The first-order valence-electron chi connectivity index (χ1n) is 3.09. The van der Waals surface area contributed by atoms with Crippen molar-refractivity contribution in [1.29, 1.82) is 0 Å². The van der Waals surface area contributed by atoms with Crippen molar-refractivity contribution in [2.24, 2.45) is 0 Å². The monoisotopic (exact) mass is 149 g/mol. The average molecular weight is 149 g/mol. The molecule has 0 bridgehead atoms. The van der Waals surface area contributed by atoms with Crippen molar-refractivity contribution in [2.45, 2.75) is 32.1 Å². The van der Waals surface area contributed by atoms with Crippen LogP contribution in [0.25, 0.3) is 0 Å². The lowest BCUT2D eigenvalue weighted by molar-refractivity contribution is -0.582. The van der Waals surface area contributed by atoms with Gasteiger partial charge in [-0.3, -0.25) is 10.1 Å². The zero-order valence-electron chi connectivity index (χ0n) is 5.73. The molecular weight excluding hydrogens is 138 g/mol. The minimum absolute atomic E-state index is 0.252. The summed E-state index contributed by atoms with van der Waals surface area (Å²) < 4.78 is 0. The number of hydrogen-bond donors (Lipinski definition) is 2. The summed E-state index contributed by atoms with van der Waals surface area (Å²) in [5.74, 6) is 0. The molecule has 0 aliphatic rings. The van der Waals surface area contributed by atoms with Crippen LogP contribution < -0.4 is 0 Å². The fourth-order valence-corrected chi connectivity index (χ4v) is 0.585. The molecule has 0 spiro atoms. The maximum Gasteiger partial charge on any atom is 0.338 e. The van der Waals surface area contributed by atoms with Crippen LogP contribution in [-0.4, -0.2) is 27.5 Å². The molecule has 0 radical (unpaired) electrons. The topological polar surface area (TPSA) is 83.6 Å². The molecule has 0 aromatic rings. The van der Waals surface area contributed by atoms with Crippen molar-refractivity contribution in [3.8, 4) is 0 Å². The van der Waals surface area contributed by atoms with Crippen molar-refractivity contribution in [2.75, 3.05) is 0 Å². The van der Waals surface area contributed by atoms with E-state index in [2.05, 4.69) is 0 Å². The van der Waals surface area contributed by atoms with Crippen molar-refractivity contribution in [3.05, 3.63) is 10.1 Å². The Morgan fingerprint density at radius 1 is 1.60 bits per heavy atom. The molecule has 0 rings (SSSR count). The van der Waals surface area contributed by atoms with Gasteiger partial charge in [-0.2, -0.15) is 0 Å². The molecular formula is C5H11NO4. The Balaban J connectivity index is 3.69. The standard InChI is InChI=1S/C5H11NO4/c1-2-3-4(7)5(8)6(9)10/h4-5,7-8H,2-3H2,1H3. The quantitative estimate of drug-likeness (QED) is 0.328. The Morgan fingerprint density at radius 2 is 2.10 bits per heavy atom. The highest BCUT2D eigenvalue weighted by Gasteiger charge is 2.25. The lowest BCUT2D eigenvalue weighted by atomic mass is 10.2. The third kappa shape index (κ3) is 2.75. The molecule has 2 unspecified atom stereocenters. The Morgan fingerprint density at radius 3 is 2.40 bits per heavy atom. The summed E-state index contributed by atoms with van der Waals surface area (Å²) >= 11 is 0. The van der Waals surface area contributed by atoms with E-state index in [0.717, 1.165) is 0 Å². The van der Waals surface area contributed by atoms with Crippen LogP contribution >= 0.6 is 0 Å². The zero-order valence-corrected chi connectivity index (χ0v) is 5.73. The Hall–Kier alpha value is -0.680. The summed E-state index contributed by atoms with van der Waals surface area (Å²) in [6, 6.07) is 0. The van der Waals surface area contributed by atoms with E-state index in [4.69, 9.17) is 10.2 Å². The first kappa shape index (κ1) is 9.32. The molecule has 0 aliphatic carbocycles. The lowest BCUT2D eigenvalue weighted by Gasteiger charge is -2.08. The van der Waals surface area contributed by atoms with Gasteiger partial charge in [0, 0.05) is 0 Å². The van der Waals surface area contributed by atoms with Crippen molar-refractivity contribution < 1.29 is 15.1 Å². The summed E-state index contributed by atoms with van der Waals surface area (Å²) in [5.41, 5.74) is 0. The van der Waals surface area contributed by atoms with Crippen LogP contribution in [0.15, 0.2) is 0 Å². The first-order valence-corrected chi connectivity index (χ1v) is 3.09. The van der Waals surface area contributed by atoms with Crippen LogP contribution in [0.4, 0.5) is 0 Å². The molecule has 0 heterocycles. The number of hydrogen-bond acceptors (Lipinski definition) is 4. The molecule has 0 saturated carbocycles. The third-order valence-electron chi connectivity index (χ3n) is 1.14. The number of aliphatic hydroxyl groups excluding tert-OH is 2. The van der Waals surface area contributed by atoms with Gasteiger partial charge in [-0.1, -0.05) is 13.3 Å². The molecule has 0 aromatic heterocycles. The van der Waals surface area contributed by atoms with Gasteiger partial charge in [0.15, 0.2) is 0 Å². The van der Waals surface area contributed by atoms with Crippen LogP contribution in [0.2, 0.25) is 0 Å². The zero-order chi connectivity index (χ0) is 8.15. The SMILES string of the molecule is CCCC(O)C(O)[N+](=O)[O-]. The molecule has 5 heteroatoms. The summed E-state index contributed by atoms with van der Waals surface area (Å²) in [7, 11) is 0. The van der Waals surface area contributed by atoms with Gasteiger partial charge in [0.05, 0.1) is 4.92 Å². The molecule has 60 valence electrons. The van der Waals surface area contributed by atoms with Gasteiger partial charge in [-0.15, -0.1) is 0 Å². The second-order valence-corrected chi connectivity index (χ2v) is 2.05. The minimum Gasteiger partial charge on any atom is -0.383 e. The number of aliphatic hydroxyl groups is 2. The minimum atomic E-state index is -1.83. The Bertz CT molecular complexity index is 116. The fraction of sp³-hybridized carbons (Fsp3) is 1.00. The van der Waals surface area contributed by atoms with Crippen LogP contribution in [0, 0.1) is 10.1 Å². The maximum absolute atomic E-state index is 9.81. The largest absolute Gasteiger partial charge is 0.383 e. The molecule has 10 heavy (non-hydrogen) atoms. The molecule has 5 nitrogen and oxygen atoms in total. The number of rotatable bonds is 4. The van der Waals surface area contributed by atoms with E-state index in [1.807, 2.05) is 0 Å². The van der Waals surface area contributed by atoms with E-state index in [1.165, 1.54) is 0 Å². The van der Waals surface area contributed by atoms with E-state index >= 15 is 0 Å². The second kappa shape index (κ2) is 4.19. The summed E-state index contributed by atoms with van der Waals surface area (Å²) in [6.45, 7) is 1.77. The van der Waals surface area contributed by atoms with Crippen LogP contribution in [0.5, 0.6) is 0 Å². The Kier molecular flexibility index (Phi) is 3.90. The van der Waals surface area contributed by atoms with Gasteiger partial charge in [-0.05, 0) is 6.42 Å². The third-order valence-corrected chi connectivity index (χ3v) is 1.14. The van der Waals surface area contributed by atoms with E-state index in [1.54, 1.807) is 6.92 Å². The molecule has 0 amide bonds. The summed E-state index contributed by atoms with van der Waals surface area (Å²) in [6.07, 6.45) is -2.20. The number of nitrogens with zero attached hydrogens (tertiary/aromatic N) is 1. The van der Waals surface area contributed by atoms with E-state index in [0.29, 0.717) is 6.42 Å². The average Bonchev–Trinajstić information content (AvgIpc) is 1.87. The van der Waals surface area contributed by atoms with Crippen molar-refractivity contribution in [1.82, 2.24) is 0 Å². The van der Waals surface area contributed by atoms with E-state index in [9.17, 15) is 10.1 Å². The van der Waals surface area contributed by atoms with Gasteiger partial charge in [0.2, 0.25) is 0 Å². The molecule has 0 saturated heterocycles. The van der Waals surface area contributed by atoms with Crippen LogP contribution in [0.3, 0.4) is 0 Å². The van der Waals surface area contributed by atoms with Crippen molar-refractivity contribution >= 4 is 0 Å². The van der Waals surface area contributed by atoms with Gasteiger partial charge >= 0.3 is 6.23 Å².